The Morgan fingerprint density at radius 3 is 2.64 bits per heavy atom. The van der Waals surface area contributed by atoms with E-state index in [2.05, 4.69) is 4.74 Å². The molecule has 3 nitrogen and oxygen atoms in total. The van der Waals surface area contributed by atoms with Crippen molar-refractivity contribution in [2.45, 2.75) is 6.61 Å². The molecule has 0 saturated carbocycles. The van der Waals surface area contributed by atoms with Crippen LogP contribution in [0.4, 0.5) is 8.78 Å². The van der Waals surface area contributed by atoms with E-state index in [1.807, 2.05) is 0 Å². The molecule has 1 rings (SSSR count). The van der Waals surface area contributed by atoms with Crippen molar-refractivity contribution in [3.8, 4) is 5.75 Å². The van der Waals surface area contributed by atoms with Crippen LogP contribution >= 0.6 is 11.6 Å². The van der Waals surface area contributed by atoms with Gasteiger partial charge >= 0.3 is 6.61 Å². The number of primary amides is 1. The van der Waals surface area contributed by atoms with Crippen LogP contribution in [0.2, 0.25) is 5.02 Å². The minimum absolute atomic E-state index is 0.0819. The fourth-order valence-electron chi connectivity index (χ4n) is 0.912. The maximum absolute atomic E-state index is 11.9. The van der Waals surface area contributed by atoms with Crippen LogP contribution in [0, 0.1) is 0 Å². The minimum Gasteiger partial charge on any atom is -0.432 e. The molecule has 0 bridgehead atoms. The Morgan fingerprint density at radius 1 is 1.50 bits per heavy atom. The first-order chi connectivity index (χ1) is 6.52. The van der Waals surface area contributed by atoms with E-state index in [1.54, 1.807) is 0 Å². The van der Waals surface area contributed by atoms with Crippen molar-refractivity contribution >= 4 is 17.5 Å². The van der Waals surface area contributed by atoms with Gasteiger partial charge in [0.2, 0.25) is 0 Å². The number of amides is 1. The number of benzene rings is 1. The van der Waals surface area contributed by atoms with Crippen molar-refractivity contribution in [3.63, 3.8) is 0 Å². The minimum atomic E-state index is -3.05. The molecule has 1 aromatic rings. The lowest BCUT2D eigenvalue weighted by molar-refractivity contribution is -0.0500. The van der Waals surface area contributed by atoms with E-state index in [0.29, 0.717) is 0 Å². The van der Waals surface area contributed by atoms with Gasteiger partial charge in [-0.15, -0.1) is 0 Å². The summed E-state index contributed by atoms with van der Waals surface area (Å²) >= 11 is 5.55. The molecule has 0 fully saturated rings. The van der Waals surface area contributed by atoms with Crippen molar-refractivity contribution < 1.29 is 18.3 Å². The van der Waals surface area contributed by atoms with Gasteiger partial charge in [-0.25, -0.2) is 0 Å². The third-order valence-corrected chi connectivity index (χ3v) is 1.74. The molecule has 0 spiro atoms. The molecule has 76 valence electrons. The molecule has 14 heavy (non-hydrogen) atoms. The first-order valence-corrected chi connectivity index (χ1v) is 3.93. The number of nitrogens with two attached hydrogens (primary N) is 1. The van der Waals surface area contributed by atoms with Crippen LogP contribution in [0.5, 0.6) is 5.75 Å². The second kappa shape index (κ2) is 4.23. The molecule has 0 aliphatic rings. The topological polar surface area (TPSA) is 52.3 Å². The van der Waals surface area contributed by atoms with E-state index >= 15 is 0 Å². The second-order valence-electron chi connectivity index (χ2n) is 2.36. The zero-order chi connectivity index (χ0) is 10.7. The summed E-state index contributed by atoms with van der Waals surface area (Å²) in [7, 11) is 0. The largest absolute Gasteiger partial charge is 0.432 e. The molecule has 0 aromatic heterocycles. The first kappa shape index (κ1) is 10.7. The lowest BCUT2D eigenvalue weighted by Crippen LogP contribution is -2.14. The van der Waals surface area contributed by atoms with Crippen molar-refractivity contribution in [2.24, 2.45) is 5.73 Å². The zero-order valence-electron chi connectivity index (χ0n) is 6.84. The van der Waals surface area contributed by atoms with Gasteiger partial charge in [0.05, 0.1) is 10.6 Å². The highest BCUT2D eigenvalue weighted by Gasteiger charge is 2.16. The van der Waals surface area contributed by atoms with E-state index in [9.17, 15) is 13.6 Å². The SMILES string of the molecule is NC(=O)c1cccc(Cl)c1OC(F)F. The highest BCUT2D eigenvalue weighted by atomic mass is 35.5. The molecule has 0 unspecified atom stereocenters. The standard InChI is InChI=1S/C8H6ClF2NO2/c9-5-3-1-2-4(7(12)13)6(5)14-8(10)11/h1-3,8H,(H2,12,13). The zero-order valence-corrected chi connectivity index (χ0v) is 7.59. The quantitative estimate of drug-likeness (QED) is 0.849. The molecule has 2 N–H and O–H groups in total. The molecule has 0 aliphatic carbocycles. The Labute approximate surface area is 83.4 Å². The smallest absolute Gasteiger partial charge is 0.387 e. The van der Waals surface area contributed by atoms with Gasteiger partial charge in [-0.05, 0) is 12.1 Å². The van der Waals surface area contributed by atoms with Crippen molar-refractivity contribution in [1.82, 2.24) is 0 Å². The fraction of sp³-hybridized carbons (Fsp3) is 0.125. The maximum Gasteiger partial charge on any atom is 0.387 e. The van der Waals surface area contributed by atoms with Gasteiger partial charge in [-0.1, -0.05) is 17.7 Å². The first-order valence-electron chi connectivity index (χ1n) is 3.55. The summed E-state index contributed by atoms with van der Waals surface area (Å²) in [6.07, 6.45) is 0. The third kappa shape index (κ3) is 2.32. The Kier molecular flexibility index (Phi) is 3.24. The maximum atomic E-state index is 11.9. The number of alkyl halides is 2. The Bertz CT molecular complexity index is 357. The number of hydrogen-bond donors (Lipinski definition) is 1. The molecule has 0 radical (unpaired) electrons. The molecule has 0 heterocycles. The molecular formula is C8H6ClF2NO2. The Morgan fingerprint density at radius 2 is 2.14 bits per heavy atom. The van der Waals surface area contributed by atoms with Crippen LogP contribution in [0.3, 0.4) is 0 Å². The van der Waals surface area contributed by atoms with E-state index in [1.165, 1.54) is 18.2 Å². The van der Waals surface area contributed by atoms with E-state index in [4.69, 9.17) is 17.3 Å². The fourth-order valence-corrected chi connectivity index (χ4v) is 1.13. The molecule has 0 aliphatic heterocycles. The van der Waals surface area contributed by atoms with Crippen LogP contribution in [0.25, 0.3) is 0 Å². The summed E-state index contributed by atoms with van der Waals surface area (Å²) < 4.78 is 27.9. The normalized spacial score (nSPS) is 10.3. The number of carbonyl (C=O) groups is 1. The van der Waals surface area contributed by atoms with Crippen molar-refractivity contribution in [1.29, 1.82) is 0 Å². The lowest BCUT2D eigenvalue weighted by Gasteiger charge is -2.09. The molecular weight excluding hydrogens is 216 g/mol. The van der Waals surface area contributed by atoms with Gasteiger partial charge < -0.3 is 10.5 Å². The average Bonchev–Trinajstić information content (AvgIpc) is 2.07. The van der Waals surface area contributed by atoms with Crippen LogP contribution in [0.1, 0.15) is 10.4 Å². The number of carbonyl (C=O) groups excluding carboxylic acids is 1. The summed E-state index contributed by atoms with van der Waals surface area (Å²) in [6.45, 7) is -3.05. The Hall–Kier alpha value is -1.36. The lowest BCUT2D eigenvalue weighted by atomic mass is 10.2. The number of ether oxygens (including phenoxy) is 1. The predicted molar refractivity (Wildman–Crippen MR) is 46.6 cm³/mol. The summed E-state index contributed by atoms with van der Waals surface area (Å²) in [6, 6.07) is 4.00. The van der Waals surface area contributed by atoms with Gasteiger partial charge in [0.1, 0.15) is 0 Å². The summed E-state index contributed by atoms with van der Waals surface area (Å²) in [5.74, 6) is -1.26. The van der Waals surface area contributed by atoms with Crippen LogP contribution in [0.15, 0.2) is 18.2 Å². The molecule has 6 heteroatoms. The van der Waals surface area contributed by atoms with E-state index < -0.39 is 18.3 Å². The van der Waals surface area contributed by atoms with Crippen molar-refractivity contribution in [3.05, 3.63) is 28.8 Å². The highest BCUT2D eigenvalue weighted by Crippen LogP contribution is 2.29. The van der Waals surface area contributed by atoms with Crippen molar-refractivity contribution in [2.75, 3.05) is 0 Å². The molecule has 0 saturated heterocycles. The molecule has 1 amide bonds. The van der Waals surface area contributed by atoms with Gasteiger partial charge in [0, 0.05) is 0 Å². The number of para-hydroxylation sites is 1. The summed E-state index contributed by atoms with van der Waals surface area (Å²) in [4.78, 5) is 10.8. The second-order valence-corrected chi connectivity index (χ2v) is 2.77. The average molecular weight is 222 g/mol. The van der Waals surface area contributed by atoms with Crippen LogP contribution in [-0.4, -0.2) is 12.5 Å². The molecule has 1 aromatic carbocycles. The molecule has 0 atom stereocenters. The number of hydrogen-bond acceptors (Lipinski definition) is 2. The monoisotopic (exact) mass is 221 g/mol. The Balaban J connectivity index is 3.15. The van der Waals surface area contributed by atoms with E-state index in [0.717, 1.165) is 0 Å². The predicted octanol–water partition coefficient (Wildman–Crippen LogP) is 2.04. The summed E-state index contributed by atoms with van der Waals surface area (Å²) in [5, 5.41) is -0.0819. The van der Waals surface area contributed by atoms with Crippen LogP contribution < -0.4 is 10.5 Å². The third-order valence-electron chi connectivity index (χ3n) is 1.44. The van der Waals surface area contributed by atoms with Gasteiger partial charge in [0.25, 0.3) is 5.91 Å². The van der Waals surface area contributed by atoms with Gasteiger partial charge in [0.15, 0.2) is 5.75 Å². The van der Waals surface area contributed by atoms with E-state index in [-0.39, 0.29) is 10.6 Å². The highest BCUT2D eigenvalue weighted by molar-refractivity contribution is 6.32. The number of rotatable bonds is 3. The van der Waals surface area contributed by atoms with Gasteiger partial charge in [-0.2, -0.15) is 8.78 Å². The summed E-state index contributed by atoms with van der Waals surface area (Å²) in [5.41, 5.74) is 4.77. The van der Waals surface area contributed by atoms with Crippen LogP contribution in [-0.2, 0) is 0 Å². The van der Waals surface area contributed by atoms with Gasteiger partial charge in [-0.3, -0.25) is 4.79 Å². The number of halogens is 3.